The topological polar surface area (TPSA) is 432 Å². The lowest BCUT2D eigenvalue weighted by molar-refractivity contribution is -0.292. The third kappa shape index (κ3) is 13.3. The highest BCUT2D eigenvalue weighted by molar-refractivity contribution is 5.02. The molecule has 2 saturated carbocycles. The van der Waals surface area contributed by atoms with Crippen molar-refractivity contribution in [2.45, 2.75) is 160 Å². The van der Waals surface area contributed by atoms with Gasteiger partial charge in [-0.2, -0.15) is 0 Å². The van der Waals surface area contributed by atoms with Gasteiger partial charge in [-0.3, -0.25) is 0 Å². The van der Waals surface area contributed by atoms with Crippen LogP contribution in [0, 0.1) is 0 Å². The first-order chi connectivity index (χ1) is 28.3. The Kier molecular flexibility index (Phi) is 20.5. The number of likely N-dealkylation sites (N-methyl/N-ethyl adjacent to an activating group) is 2. The lowest BCUT2D eigenvalue weighted by atomic mass is 9.84. The zero-order chi connectivity index (χ0) is 44.6. The van der Waals surface area contributed by atoms with Gasteiger partial charge in [-0.1, -0.05) is 0 Å². The Morgan fingerprint density at radius 2 is 0.883 bits per heavy atom. The number of hydrogen-bond acceptors (Lipinski definition) is 24. The summed E-state index contributed by atoms with van der Waals surface area (Å²) in [6, 6.07) is -5.13. The van der Waals surface area contributed by atoms with Crippen LogP contribution in [0.2, 0.25) is 0 Å². The molecule has 0 aromatic carbocycles. The van der Waals surface area contributed by atoms with Gasteiger partial charge in [0.1, 0.15) is 61.0 Å². The van der Waals surface area contributed by atoms with Crippen molar-refractivity contribution in [3.05, 3.63) is 0 Å². The monoisotopic (exact) mass is 873 g/mol. The molecule has 2 heterocycles. The summed E-state index contributed by atoms with van der Waals surface area (Å²) in [7, 11) is 3.70. The Hall–Kier alpha value is -0.960. The normalized spacial score (nSPS) is 44.0. The molecule has 0 radical (unpaired) electrons. The second-order valence-electron chi connectivity index (χ2n) is 17.1. The number of nitrogens with zero attached hydrogens (tertiary/aromatic N) is 2. The summed E-state index contributed by atoms with van der Waals surface area (Å²) in [5.74, 6) is 0. The number of hydrogen-bond donors (Lipinski definition) is 16. The van der Waals surface area contributed by atoms with Crippen LogP contribution in [0.25, 0.3) is 0 Å². The van der Waals surface area contributed by atoms with Gasteiger partial charge >= 0.3 is 0 Å². The highest BCUT2D eigenvalue weighted by Gasteiger charge is 2.50. The van der Waals surface area contributed by atoms with Crippen molar-refractivity contribution in [2.75, 3.05) is 66.6 Å². The van der Waals surface area contributed by atoms with E-state index in [1.165, 1.54) is 0 Å². The minimum atomic E-state index is -1.38. The zero-order valence-electron chi connectivity index (χ0n) is 34.7. The highest BCUT2D eigenvalue weighted by Crippen LogP contribution is 2.30. The maximum Gasteiger partial charge on any atom is 0.176 e. The molecule has 2 unspecified atom stereocenters. The van der Waals surface area contributed by atoms with Gasteiger partial charge in [0.05, 0.1) is 49.7 Å². The SMILES string of the molecule is CN(CCCCN(C)CC(O)CO[C@@H]1[C@@H](O)[C@H](N)C[C@H](N)[C@H]1O[C@H]1O[C@H](CN)[C@@H](O)[C@H](O)[C@H]1N)CC(O)CO[C@@H]1[C@@H](O)[C@H](N)C[C@H](N)[C@H]1O[C@H]1O[C@H](CN)[C@@H](O)[C@H](O)[C@H]1N. The van der Waals surface area contributed by atoms with E-state index in [1.807, 2.05) is 23.9 Å². The number of nitrogens with two attached hydrogens (primary N) is 8. The second-order valence-corrected chi connectivity index (χ2v) is 17.1. The number of ether oxygens (including phenoxy) is 6. The number of rotatable bonds is 21. The van der Waals surface area contributed by atoms with Crippen LogP contribution in [-0.4, -0.2) is 252 Å². The van der Waals surface area contributed by atoms with Gasteiger partial charge in [-0.05, 0) is 52.9 Å². The maximum atomic E-state index is 10.9. The van der Waals surface area contributed by atoms with E-state index in [4.69, 9.17) is 74.3 Å². The predicted molar refractivity (Wildman–Crippen MR) is 214 cm³/mol. The number of unbranched alkanes of at least 4 members (excludes halogenated alkanes) is 1. The van der Waals surface area contributed by atoms with E-state index in [1.54, 1.807) is 0 Å². The van der Waals surface area contributed by atoms with E-state index in [0.29, 0.717) is 13.1 Å². The Morgan fingerprint density at radius 3 is 1.22 bits per heavy atom. The molecular weight excluding hydrogens is 796 g/mol. The number of aliphatic hydroxyl groups excluding tert-OH is 8. The summed E-state index contributed by atoms with van der Waals surface area (Å²) < 4.78 is 35.5. The largest absolute Gasteiger partial charge is 0.389 e. The third-order valence-corrected chi connectivity index (χ3v) is 12.0. The molecule has 60 heavy (non-hydrogen) atoms. The van der Waals surface area contributed by atoms with Crippen LogP contribution in [0.3, 0.4) is 0 Å². The van der Waals surface area contributed by atoms with Crippen molar-refractivity contribution in [2.24, 2.45) is 45.9 Å². The lowest BCUT2D eigenvalue weighted by Gasteiger charge is -2.47. The average molecular weight is 873 g/mol. The quantitative estimate of drug-likeness (QED) is 0.0476. The first-order valence-electron chi connectivity index (χ1n) is 20.9. The molecule has 2 saturated heterocycles. The summed E-state index contributed by atoms with van der Waals surface area (Å²) in [5.41, 5.74) is 48.5. The zero-order valence-corrected chi connectivity index (χ0v) is 34.7. The minimum Gasteiger partial charge on any atom is -0.389 e. The maximum absolute atomic E-state index is 10.9. The molecule has 4 fully saturated rings. The van der Waals surface area contributed by atoms with Crippen LogP contribution >= 0.6 is 0 Å². The van der Waals surface area contributed by atoms with Crippen LogP contribution < -0.4 is 45.9 Å². The fraction of sp³-hybridized carbons (Fsp3) is 1.00. The smallest absolute Gasteiger partial charge is 0.176 e. The van der Waals surface area contributed by atoms with Crippen molar-refractivity contribution in [3.63, 3.8) is 0 Å². The second kappa shape index (κ2) is 23.8. The first-order valence-corrected chi connectivity index (χ1v) is 20.9. The molecule has 22 atom stereocenters. The van der Waals surface area contributed by atoms with E-state index >= 15 is 0 Å². The van der Waals surface area contributed by atoms with Gasteiger partial charge in [0, 0.05) is 50.3 Å². The predicted octanol–water partition coefficient (Wildman–Crippen LogP) is -9.80. The van der Waals surface area contributed by atoms with E-state index in [-0.39, 0.29) is 52.2 Å². The standard InChI is InChI=1S/C36H76N10O14/c1-45(11-15(47)13-55-33-25(49)17(39)7-19(41)31(33)59-35-23(43)29(53)27(51)21(9-37)57-35)5-3-4-6-46(2)12-16(48)14-56-34-26(50)18(40)8-20(42)32(34)60-36-24(44)30(54)28(52)22(10-38)58-36/h15-36,47-54H,3-14,37-44H2,1-2H3/t15?,16?,17-,18-,19+,20+,21-,22-,23-,24-,25+,26+,27-,28-,29-,30-,31-,32-,33-,34-,35-,36-/m1/s1. The van der Waals surface area contributed by atoms with E-state index in [9.17, 15) is 40.9 Å². The van der Waals surface area contributed by atoms with Crippen molar-refractivity contribution < 1.29 is 69.3 Å². The molecule has 2 aliphatic carbocycles. The molecule has 2 aliphatic heterocycles. The molecule has 24 N–H and O–H groups in total. The molecular formula is C36H76N10O14. The summed E-state index contributed by atoms with van der Waals surface area (Å²) in [6.07, 6.45) is -16.1. The van der Waals surface area contributed by atoms with Gasteiger partial charge in [0.2, 0.25) is 0 Å². The Morgan fingerprint density at radius 1 is 0.533 bits per heavy atom. The summed E-state index contributed by atoms with van der Waals surface area (Å²) in [4.78, 5) is 3.86. The van der Waals surface area contributed by atoms with Crippen LogP contribution in [0.1, 0.15) is 25.7 Å². The molecule has 0 spiro atoms. The van der Waals surface area contributed by atoms with Gasteiger partial charge in [0.15, 0.2) is 12.6 Å². The molecule has 0 amide bonds. The first kappa shape index (κ1) is 51.7. The molecule has 0 aromatic rings. The van der Waals surface area contributed by atoms with Crippen molar-refractivity contribution in [1.29, 1.82) is 0 Å². The van der Waals surface area contributed by atoms with Crippen LogP contribution in [-0.2, 0) is 28.4 Å². The summed E-state index contributed by atoms with van der Waals surface area (Å²) in [5, 5.41) is 84.8. The molecule has 24 heteroatoms. The highest BCUT2D eigenvalue weighted by atomic mass is 16.7. The van der Waals surface area contributed by atoms with Crippen LogP contribution in [0.5, 0.6) is 0 Å². The van der Waals surface area contributed by atoms with Gasteiger partial charge in [0.25, 0.3) is 0 Å². The van der Waals surface area contributed by atoms with Crippen LogP contribution in [0.4, 0.5) is 0 Å². The minimum absolute atomic E-state index is 0.103. The molecule has 4 aliphatic rings. The summed E-state index contributed by atoms with van der Waals surface area (Å²) >= 11 is 0. The summed E-state index contributed by atoms with van der Waals surface area (Å²) in [6.45, 7) is 1.21. The van der Waals surface area contributed by atoms with Crippen LogP contribution in [0.15, 0.2) is 0 Å². The van der Waals surface area contributed by atoms with Gasteiger partial charge in [-0.15, -0.1) is 0 Å². The molecule has 354 valence electrons. The van der Waals surface area contributed by atoms with Crippen molar-refractivity contribution >= 4 is 0 Å². The lowest BCUT2D eigenvalue weighted by Crippen LogP contribution is -2.68. The fourth-order valence-corrected chi connectivity index (χ4v) is 8.35. The van der Waals surface area contributed by atoms with Crippen molar-refractivity contribution in [3.8, 4) is 0 Å². The van der Waals surface area contributed by atoms with E-state index < -0.39 is 134 Å². The molecule has 0 aromatic heterocycles. The van der Waals surface area contributed by atoms with Gasteiger partial charge < -0.3 is 125 Å². The van der Waals surface area contributed by atoms with Gasteiger partial charge in [-0.25, -0.2) is 0 Å². The average Bonchev–Trinajstić information content (AvgIpc) is 3.20. The Bertz CT molecular complexity index is 1160. The molecule has 24 nitrogen and oxygen atoms in total. The van der Waals surface area contributed by atoms with E-state index in [0.717, 1.165) is 12.8 Å². The molecule has 4 rings (SSSR count). The third-order valence-electron chi connectivity index (χ3n) is 12.0. The number of aliphatic hydroxyl groups is 8. The molecule has 0 bridgehead atoms. The van der Waals surface area contributed by atoms with Crippen molar-refractivity contribution in [1.82, 2.24) is 9.80 Å². The Balaban J connectivity index is 1.18. The fourth-order valence-electron chi connectivity index (χ4n) is 8.35. The van der Waals surface area contributed by atoms with E-state index in [2.05, 4.69) is 0 Å². The Labute approximate surface area is 351 Å².